The Balaban J connectivity index is 1.43. The number of benzene rings is 2. The SMILES string of the molecule is COC1C2=NN=C1C(S(=O)(=O)Nc1ccc(CCc3cc(O)ccc3O)cc1)=CN2. The molecule has 156 valence electrons. The molecule has 0 aliphatic carbocycles. The molecule has 2 aromatic carbocycles. The topological polar surface area (TPSA) is 133 Å². The van der Waals surface area contributed by atoms with E-state index in [2.05, 4.69) is 20.2 Å². The molecule has 0 spiro atoms. The lowest BCUT2D eigenvalue weighted by Gasteiger charge is -2.21. The number of hydrogen-bond donors (Lipinski definition) is 4. The molecule has 2 aliphatic rings. The van der Waals surface area contributed by atoms with E-state index in [4.69, 9.17) is 4.74 Å². The lowest BCUT2D eigenvalue weighted by atomic mass is 10.0. The van der Waals surface area contributed by atoms with Gasteiger partial charge in [-0.15, -0.1) is 10.2 Å². The van der Waals surface area contributed by atoms with Gasteiger partial charge in [-0.3, -0.25) is 4.72 Å². The Labute approximate surface area is 173 Å². The molecule has 10 heteroatoms. The molecule has 4 rings (SSSR count). The molecule has 0 fully saturated rings. The van der Waals surface area contributed by atoms with E-state index >= 15 is 0 Å². The quantitative estimate of drug-likeness (QED) is 0.498. The molecule has 0 amide bonds. The summed E-state index contributed by atoms with van der Waals surface area (Å²) >= 11 is 0. The van der Waals surface area contributed by atoms with Crippen LogP contribution in [-0.4, -0.2) is 43.4 Å². The van der Waals surface area contributed by atoms with Gasteiger partial charge < -0.3 is 20.3 Å². The van der Waals surface area contributed by atoms with E-state index in [0.29, 0.717) is 29.9 Å². The fourth-order valence-electron chi connectivity index (χ4n) is 3.28. The highest BCUT2D eigenvalue weighted by molar-refractivity contribution is 7.97. The van der Waals surface area contributed by atoms with Gasteiger partial charge in [0, 0.05) is 19.0 Å². The summed E-state index contributed by atoms with van der Waals surface area (Å²) < 4.78 is 33.4. The van der Waals surface area contributed by atoms with Gasteiger partial charge in [0.25, 0.3) is 10.0 Å². The van der Waals surface area contributed by atoms with Crippen molar-refractivity contribution in [3.63, 3.8) is 0 Å². The van der Waals surface area contributed by atoms with Gasteiger partial charge in [0.1, 0.15) is 22.1 Å². The van der Waals surface area contributed by atoms with E-state index in [1.807, 2.05) is 0 Å². The number of aryl methyl sites for hydroxylation is 2. The summed E-state index contributed by atoms with van der Waals surface area (Å²) in [5.41, 5.74) is 2.24. The molecule has 30 heavy (non-hydrogen) atoms. The van der Waals surface area contributed by atoms with Gasteiger partial charge in [-0.2, -0.15) is 0 Å². The zero-order valence-electron chi connectivity index (χ0n) is 16.0. The lowest BCUT2D eigenvalue weighted by molar-refractivity contribution is 0.204. The van der Waals surface area contributed by atoms with Gasteiger partial charge in [0.2, 0.25) is 0 Å². The zero-order chi connectivity index (χ0) is 21.3. The van der Waals surface area contributed by atoms with Crippen molar-refractivity contribution in [2.75, 3.05) is 11.8 Å². The van der Waals surface area contributed by atoms with Gasteiger partial charge in [-0.05, 0) is 54.3 Å². The van der Waals surface area contributed by atoms with Gasteiger partial charge >= 0.3 is 0 Å². The van der Waals surface area contributed by atoms with E-state index in [1.165, 1.54) is 31.5 Å². The fraction of sp³-hybridized carbons (Fsp3) is 0.200. The lowest BCUT2D eigenvalue weighted by Crippen LogP contribution is -2.43. The Kier molecular flexibility index (Phi) is 5.18. The maximum absolute atomic E-state index is 12.8. The van der Waals surface area contributed by atoms with Crippen LogP contribution in [-0.2, 0) is 27.6 Å². The Morgan fingerprint density at radius 1 is 1.10 bits per heavy atom. The van der Waals surface area contributed by atoms with Crippen molar-refractivity contribution in [3.05, 3.63) is 64.7 Å². The molecule has 0 saturated heterocycles. The summed E-state index contributed by atoms with van der Waals surface area (Å²) in [6.45, 7) is 0. The Hall–Kier alpha value is -3.37. The van der Waals surface area contributed by atoms with Gasteiger partial charge in [-0.1, -0.05) is 12.1 Å². The molecule has 0 saturated carbocycles. The van der Waals surface area contributed by atoms with Crippen molar-refractivity contribution >= 4 is 27.3 Å². The fourth-order valence-corrected chi connectivity index (χ4v) is 4.47. The van der Waals surface area contributed by atoms with E-state index < -0.39 is 16.1 Å². The maximum Gasteiger partial charge on any atom is 0.265 e. The second-order valence-corrected chi connectivity index (χ2v) is 8.51. The van der Waals surface area contributed by atoms with Crippen LogP contribution in [0.4, 0.5) is 5.69 Å². The van der Waals surface area contributed by atoms with Gasteiger partial charge in [-0.25, -0.2) is 8.42 Å². The average Bonchev–Trinajstić information content (AvgIpc) is 2.99. The molecular weight excluding hydrogens is 408 g/mol. The molecular formula is C20H20N4O5S. The Morgan fingerprint density at radius 2 is 1.87 bits per heavy atom. The smallest absolute Gasteiger partial charge is 0.265 e. The third-order valence-electron chi connectivity index (χ3n) is 4.84. The third kappa shape index (κ3) is 3.87. The normalized spacial score (nSPS) is 17.6. The van der Waals surface area contributed by atoms with Crippen LogP contribution in [0.2, 0.25) is 0 Å². The molecule has 2 bridgehead atoms. The molecule has 2 aliphatic heterocycles. The maximum atomic E-state index is 12.8. The van der Waals surface area contributed by atoms with Crippen molar-refractivity contribution in [2.24, 2.45) is 10.2 Å². The highest BCUT2D eigenvalue weighted by Crippen LogP contribution is 2.25. The van der Waals surface area contributed by atoms with Crippen LogP contribution >= 0.6 is 0 Å². The van der Waals surface area contributed by atoms with Crippen LogP contribution in [0, 0.1) is 0 Å². The predicted octanol–water partition coefficient (Wildman–Crippen LogP) is 1.85. The van der Waals surface area contributed by atoms with Crippen molar-refractivity contribution < 1.29 is 23.4 Å². The van der Waals surface area contributed by atoms with Crippen molar-refractivity contribution in [3.8, 4) is 11.5 Å². The highest BCUT2D eigenvalue weighted by Gasteiger charge is 2.38. The van der Waals surface area contributed by atoms with E-state index in [0.717, 1.165) is 5.56 Å². The van der Waals surface area contributed by atoms with Crippen LogP contribution in [0.15, 0.2) is 63.8 Å². The monoisotopic (exact) mass is 428 g/mol. The Morgan fingerprint density at radius 3 is 2.60 bits per heavy atom. The highest BCUT2D eigenvalue weighted by atomic mass is 32.2. The molecule has 4 N–H and O–H groups in total. The number of sulfonamides is 1. The van der Waals surface area contributed by atoms with E-state index in [1.54, 1.807) is 24.3 Å². The second-order valence-electron chi connectivity index (χ2n) is 6.85. The molecule has 2 heterocycles. The standard InChI is InChI=1S/C20H20N4O5S/c1-29-19-18-17(11-21-20(19)23-22-18)30(27,28)24-14-6-3-12(4-7-14)2-5-13-10-15(25)8-9-16(13)26/h3-4,6-11,19,24-26H,2,5H2,1H3,(H,21,23). The van der Waals surface area contributed by atoms with Crippen molar-refractivity contribution in [2.45, 2.75) is 18.9 Å². The van der Waals surface area contributed by atoms with Crippen LogP contribution in [0.1, 0.15) is 11.1 Å². The average molecular weight is 428 g/mol. The number of hydrogen-bond acceptors (Lipinski definition) is 8. The minimum Gasteiger partial charge on any atom is -0.508 e. The number of phenols is 2. The first-order valence-corrected chi connectivity index (χ1v) is 10.6. The summed E-state index contributed by atoms with van der Waals surface area (Å²) in [4.78, 5) is -0.0252. The third-order valence-corrected chi connectivity index (χ3v) is 6.25. The number of fused-ring (bicyclic) bond motifs is 2. The van der Waals surface area contributed by atoms with Crippen LogP contribution in [0.25, 0.3) is 0 Å². The van der Waals surface area contributed by atoms with Gasteiger partial charge in [0.15, 0.2) is 11.9 Å². The minimum absolute atomic E-state index is 0.0252. The van der Waals surface area contributed by atoms with E-state index in [-0.39, 0.29) is 22.1 Å². The summed E-state index contributed by atoms with van der Waals surface area (Å²) in [5, 5.41) is 30.0. The molecule has 0 aromatic heterocycles. The number of phenolic OH excluding ortho intramolecular Hbond substituents is 2. The first kappa shape index (κ1) is 19.9. The molecule has 0 radical (unpaired) electrons. The van der Waals surface area contributed by atoms with Crippen LogP contribution in [0.3, 0.4) is 0 Å². The number of methoxy groups -OCH3 is 1. The summed E-state index contributed by atoms with van der Waals surface area (Å²) in [5.74, 6) is 0.676. The first-order chi connectivity index (χ1) is 14.4. The summed E-state index contributed by atoms with van der Waals surface area (Å²) in [6.07, 6.45) is 1.87. The predicted molar refractivity (Wildman–Crippen MR) is 113 cm³/mol. The molecule has 2 aromatic rings. The number of rotatable bonds is 7. The number of aromatic hydroxyl groups is 2. The van der Waals surface area contributed by atoms with Crippen molar-refractivity contribution in [1.82, 2.24) is 5.32 Å². The molecule has 9 nitrogen and oxygen atoms in total. The number of ether oxygens (including phenoxy) is 1. The number of nitrogens with zero attached hydrogens (tertiary/aromatic N) is 2. The van der Waals surface area contributed by atoms with Crippen molar-refractivity contribution in [1.29, 1.82) is 0 Å². The number of amidine groups is 1. The molecule has 1 atom stereocenters. The number of anilines is 1. The Bertz CT molecular complexity index is 1170. The van der Waals surface area contributed by atoms with Crippen LogP contribution in [0.5, 0.6) is 11.5 Å². The largest absolute Gasteiger partial charge is 0.508 e. The van der Waals surface area contributed by atoms with E-state index in [9.17, 15) is 18.6 Å². The zero-order valence-corrected chi connectivity index (χ0v) is 16.8. The van der Waals surface area contributed by atoms with Crippen LogP contribution < -0.4 is 10.0 Å². The summed E-state index contributed by atoms with van der Waals surface area (Å²) in [6, 6.07) is 11.3. The minimum atomic E-state index is -3.89. The second kappa shape index (κ2) is 7.81. The summed E-state index contributed by atoms with van der Waals surface area (Å²) in [7, 11) is -2.43. The first-order valence-electron chi connectivity index (χ1n) is 9.15. The number of nitrogens with one attached hydrogen (secondary N) is 2. The van der Waals surface area contributed by atoms with Gasteiger partial charge in [0.05, 0.1) is 0 Å². The molecule has 1 unspecified atom stereocenters.